The molecular formula is C13H23NOS. The Morgan fingerprint density at radius 2 is 2.25 bits per heavy atom. The van der Waals surface area contributed by atoms with E-state index in [1.54, 1.807) is 11.3 Å². The Hall–Kier alpha value is -0.380. The van der Waals surface area contributed by atoms with Gasteiger partial charge in [0.25, 0.3) is 0 Å². The van der Waals surface area contributed by atoms with Crippen molar-refractivity contribution in [3.8, 4) is 0 Å². The normalized spacial score (nSPS) is 12.9. The van der Waals surface area contributed by atoms with Gasteiger partial charge in [-0.15, -0.1) is 0 Å². The van der Waals surface area contributed by atoms with Gasteiger partial charge in [-0.2, -0.15) is 11.3 Å². The maximum Gasteiger partial charge on any atom is 0.0622 e. The number of rotatable bonds is 9. The van der Waals surface area contributed by atoms with Gasteiger partial charge in [0.2, 0.25) is 0 Å². The summed E-state index contributed by atoms with van der Waals surface area (Å²) in [5.74, 6) is 0. The largest absolute Gasteiger partial charge is 0.380 e. The van der Waals surface area contributed by atoms with Crippen LogP contribution in [0.25, 0.3) is 0 Å². The molecule has 0 radical (unpaired) electrons. The minimum atomic E-state index is 0.459. The maximum atomic E-state index is 5.63. The lowest BCUT2D eigenvalue weighted by atomic mass is 10.1. The third kappa shape index (κ3) is 5.64. The van der Waals surface area contributed by atoms with E-state index in [2.05, 4.69) is 36.0 Å². The van der Waals surface area contributed by atoms with Crippen LogP contribution < -0.4 is 5.32 Å². The van der Waals surface area contributed by atoms with Crippen molar-refractivity contribution in [1.82, 2.24) is 5.32 Å². The van der Waals surface area contributed by atoms with Crippen LogP contribution in [-0.4, -0.2) is 25.8 Å². The van der Waals surface area contributed by atoms with Crippen molar-refractivity contribution in [3.05, 3.63) is 22.4 Å². The van der Waals surface area contributed by atoms with Crippen LogP contribution in [0.4, 0.5) is 0 Å². The van der Waals surface area contributed by atoms with Crippen molar-refractivity contribution < 1.29 is 4.74 Å². The molecule has 16 heavy (non-hydrogen) atoms. The van der Waals surface area contributed by atoms with Gasteiger partial charge in [0.15, 0.2) is 0 Å². The molecule has 0 saturated carbocycles. The van der Waals surface area contributed by atoms with Crippen molar-refractivity contribution in [2.24, 2.45) is 0 Å². The molecule has 1 aromatic rings. The zero-order valence-electron chi connectivity index (χ0n) is 10.4. The molecule has 1 heterocycles. The van der Waals surface area contributed by atoms with E-state index in [0.717, 1.165) is 32.6 Å². The fraction of sp³-hybridized carbons (Fsp3) is 0.692. The van der Waals surface area contributed by atoms with Gasteiger partial charge in [0.1, 0.15) is 0 Å². The third-order valence-corrected chi connectivity index (χ3v) is 3.14. The van der Waals surface area contributed by atoms with Crippen molar-refractivity contribution in [1.29, 1.82) is 0 Å². The van der Waals surface area contributed by atoms with E-state index in [9.17, 15) is 0 Å². The summed E-state index contributed by atoms with van der Waals surface area (Å²) in [5, 5.41) is 7.91. The fourth-order valence-corrected chi connectivity index (χ4v) is 2.28. The monoisotopic (exact) mass is 241 g/mol. The highest BCUT2D eigenvalue weighted by Crippen LogP contribution is 2.09. The third-order valence-electron chi connectivity index (χ3n) is 2.41. The quantitative estimate of drug-likeness (QED) is 0.671. The van der Waals surface area contributed by atoms with E-state index < -0.39 is 0 Å². The average Bonchev–Trinajstić information content (AvgIpc) is 2.78. The van der Waals surface area contributed by atoms with Crippen molar-refractivity contribution in [2.75, 3.05) is 19.8 Å². The number of ether oxygens (including phenoxy) is 1. The number of hydrogen-bond acceptors (Lipinski definition) is 3. The summed E-state index contributed by atoms with van der Waals surface area (Å²) in [6.45, 7) is 7.11. The fourth-order valence-electron chi connectivity index (χ4n) is 1.60. The summed E-state index contributed by atoms with van der Waals surface area (Å²) in [6, 6.07) is 2.66. The van der Waals surface area contributed by atoms with Gasteiger partial charge >= 0.3 is 0 Å². The highest BCUT2D eigenvalue weighted by molar-refractivity contribution is 7.07. The molecule has 92 valence electrons. The molecule has 1 N–H and O–H groups in total. The summed E-state index contributed by atoms with van der Waals surface area (Å²) in [5.41, 5.74) is 1.42. The lowest BCUT2D eigenvalue weighted by Gasteiger charge is -2.18. The number of hydrogen-bond donors (Lipinski definition) is 1. The molecule has 0 aliphatic rings. The summed E-state index contributed by atoms with van der Waals surface area (Å²) >= 11 is 1.77. The van der Waals surface area contributed by atoms with Gasteiger partial charge < -0.3 is 10.1 Å². The molecule has 0 aliphatic carbocycles. The smallest absolute Gasteiger partial charge is 0.0622 e. The van der Waals surface area contributed by atoms with Crippen LogP contribution in [0, 0.1) is 0 Å². The van der Waals surface area contributed by atoms with E-state index in [0.29, 0.717) is 6.04 Å². The highest BCUT2D eigenvalue weighted by atomic mass is 32.1. The van der Waals surface area contributed by atoms with E-state index in [1.807, 2.05) is 0 Å². The molecule has 0 aliphatic heterocycles. The standard InChI is InChI=1S/C13H23NOS/c1-3-6-14-13(10-15-7-4-2)9-12-5-8-16-11-12/h5,8,11,13-14H,3-4,6-7,9-10H2,1-2H3. The Morgan fingerprint density at radius 1 is 1.38 bits per heavy atom. The van der Waals surface area contributed by atoms with Crippen molar-refractivity contribution >= 4 is 11.3 Å². The second-order valence-corrected chi connectivity index (χ2v) is 4.84. The van der Waals surface area contributed by atoms with E-state index in [1.165, 1.54) is 12.0 Å². The van der Waals surface area contributed by atoms with Crippen LogP contribution in [0.2, 0.25) is 0 Å². The zero-order chi connectivity index (χ0) is 11.6. The molecule has 1 unspecified atom stereocenters. The molecule has 0 bridgehead atoms. The van der Waals surface area contributed by atoms with Gasteiger partial charge in [0.05, 0.1) is 6.61 Å². The summed E-state index contributed by atoms with van der Waals surface area (Å²) in [6.07, 6.45) is 3.35. The SMILES string of the molecule is CCCNC(COCCC)Cc1ccsc1. The summed E-state index contributed by atoms with van der Waals surface area (Å²) < 4.78 is 5.63. The zero-order valence-corrected chi connectivity index (χ0v) is 11.2. The second-order valence-electron chi connectivity index (χ2n) is 4.06. The minimum absolute atomic E-state index is 0.459. The van der Waals surface area contributed by atoms with Gasteiger partial charge in [-0.3, -0.25) is 0 Å². The molecule has 2 nitrogen and oxygen atoms in total. The first-order valence-corrected chi connectivity index (χ1v) is 7.13. The molecule has 1 rings (SSSR count). The highest BCUT2D eigenvalue weighted by Gasteiger charge is 2.08. The Kier molecular flexibility index (Phi) is 7.47. The van der Waals surface area contributed by atoms with Crippen LogP contribution in [-0.2, 0) is 11.2 Å². The average molecular weight is 241 g/mol. The molecule has 1 aromatic heterocycles. The lowest BCUT2D eigenvalue weighted by molar-refractivity contribution is 0.112. The van der Waals surface area contributed by atoms with E-state index in [4.69, 9.17) is 4.74 Å². The summed E-state index contributed by atoms with van der Waals surface area (Å²) in [7, 11) is 0. The molecule has 0 spiro atoms. The predicted molar refractivity (Wildman–Crippen MR) is 71.2 cm³/mol. The Balaban J connectivity index is 2.31. The molecule has 0 aromatic carbocycles. The van der Waals surface area contributed by atoms with Crippen molar-refractivity contribution in [2.45, 2.75) is 39.2 Å². The van der Waals surface area contributed by atoms with Gasteiger partial charge in [-0.05, 0) is 48.2 Å². The van der Waals surface area contributed by atoms with Gasteiger partial charge in [-0.1, -0.05) is 13.8 Å². The topological polar surface area (TPSA) is 21.3 Å². The van der Waals surface area contributed by atoms with Crippen LogP contribution in [0.15, 0.2) is 16.8 Å². The van der Waals surface area contributed by atoms with Crippen LogP contribution in [0.3, 0.4) is 0 Å². The van der Waals surface area contributed by atoms with Crippen LogP contribution in [0.1, 0.15) is 32.3 Å². The van der Waals surface area contributed by atoms with Crippen molar-refractivity contribution in [3.63, 3.8) is 0 Å². The Morgan fingerprint density at radius 3 is 2.88 bits per heavy atom. The molecule has 0 fully saturated rings. The molecule has 0 saturated heterocycles. The first kappa shape index (κ1) is 13.7. The Bertz CT molecular complexity index is 248. The van der Waals surface area contributed by atoms with E-state index in [-0.39, 0.29) is 0 Å². The van der Waals surface area contributed by atoms with Crippen LogP contribution in [0.5, 0.6) is 0 Å². The van der Waals surface area contributed by atoms with Crippen LogP contribution >= 0.6 is 11.3 Å². The first-order chi connectivity index (χ1) is 7.86. The molecular weight excluding hydrogens is 218 g/mol. The number of thiophene rings is 1. The first-order valence-electron chi connectivity index (χ1n) is 6.19. The molecule has 1 atom stereocenters. The van der Waals surface area contributed by atoms with Gasteiger partial charge in [0, 0.05) is 12.6 Å². The predicted octanol–water partition coefficient (Wildman–Crippen LogP) is 3.09. The lowest BCUT2D eigenvalue weighted by Crippen LogP contribution is -2.36. The minimum Gasteiger partial charge on any atom is -0.380 e. The Labute approximate surface area is 103 Å². The second kappa shape index (κ2) is 8.74. The summed E-state index contributed by atoms with van der Waals surface area (Å²) in [4.78, 5) is 0. The molecule has 3 heteroatoms. The van der Waals surface area contributed by atoms with Gasteiger partial charge in [-0.25, -0.2) is 0 Å². The van der Waals surface area contributed by atoms with E-state index >= 15 is 0 Å². The maximum absolute atomic E-state index is 5.63. The number of nitrogens with one attached hydrogen (secondary N) is 1. The molecule has 0 amide bonds.